The van der Waals surface area contributed by atoms with Crippen molar-refractivity contribution < 1.29 is 23.5 Å². The van der Waals surface area contributed by atoms with Crippen LogP contribution in [0.2, 0.25) is 0 Å². The summed E-state index contributed by atoms with van der Waals surface area (Å²) in [5.74, 6) is -5.08. The highest BCUT2D eigenvalue weighted by Crippen LogP contribution is 2.20. The van der Waals surface area contributed by atoms with Crippen LogP contribution in [0.25, 0.3) is 0 Å². The Bertz CT molecular complexity index is 750. The number of carboxylic acid groups (broad SMARTS) is 1. The number of anilines is 1. The molecule has 7 nitrogen and oxygen atoms in total. The maximum absolute atomic E-state index is 13.1. The van der Waals surface area contributed by atoms with Crippen LogP contribution in [-0.4, -0.2) is 27.0 Å². The number of hydrogen-bond acceptors (Lipinski definition) is 3. The fraction of sp³-hybridized carbons (Fsp3) is 0. The first kappa shape index (κ1) is 13.5. The lowest BCUT2D eigenvalue weighted by Gasteiger charge is -2.08. The number of imidazole rings is 1. The standard InChI is InChI=1S/C11H7F2N3O4/c12-5-1-4(10(18)19)7(2-6(5)13)15-9(17)8-3-14-11(20)16-8/h1-3H,(H,15,17)(H,18,19)(H2,14,16,20). The van der Waals surface area contributed by atoms with Gasteiger partial charge in [-0.05, 0) is 6.07 Å². The van der Waals surface area contributed by atoms with Crippen molar-refractivity contribution in [3.8, 4) is 0 Å². The summed E-state index contributed by atoms with van der Waals surface area (Å²) in [6.45, 7) is 0. The number of aromatic carboxylic acids is 1. The molecule has 1 aromatic carbocycles. The van der Waals surface area contributed by atoms with Crippen molar-refractivity contribution >= 4 is 17.6 Å². The number of rotatable bonds is 3. The van der Waals surface area contributed by atoms with E-state index in [-0.39, 0.29) is 5.69 Å². The van der Waals surface area contributed by atoms with Gasteiger partial charge in [0.2, 0.25) is 0 Å². The van der Waals surface area contributed by atoms with Gasteiger partial charge in [-0.3, -0.25) is 4.79 Å². The number of amides is 1. The van der Waals surface area contributed by atoms with Gasteiger partial charge >= 0.3 is 11.7 Å². The number of nitrogens with one attached hydrogen (secondary N) is 3. The van der Waals surface area contributed by atoms with Crippen LogP contribution >= 0.6 is 0 Å². The molecule has 9 heteroatoms. The van der Waals surface area contributed by atoms with Gasteiger partial charge in [-0.15, -0.1) is 0 Å². The lowest BCUT2D eigenvalue weighted by Crippen LogP contribution is -2.17. The second kappa shape index (κ2) is 4.96. The predicted molar refractivity (Wildman–Crippen MR) is 62.7 cm³/mol. The molecule has 1 aromatic heterocycles. The van der Waals surface area contributed by atoms with Gasteiger partial charge in [-0.2, -0.15) is 0 Å². The molecule has 0 aliphatic heterocycles. The Kier molecular flexibility index (Phi) is 3.34. The molecule has 0 aliphatic rings. The van der Waals surface area contributed by atoms with Crippen LogP contribution in [-0.2, 0) is 0 Å². The molecule has 104 valence electrons. The number of H-pyrrole nitrogens is 2. The average Bonchev–Trinajstić information content (AvgIpc) is 2.80. The summed E-state index contributed by atoms with van der Waals surface area (Å²) in [5, 5.41) is 10.9. The van der Waals surface area contributed by atoms with Gasteiger partial charge in [0.05, 0.1) is 11.3 Å². The first-order chi connectivity index (χ1) is 9.38. The number of aromatic nitrogens is 2. The highest BCUT2D eigenvalue weighted by Gasteiger charge is 2.18. The number of carbonyl (C=O) groups is 2. The molecule has 4 N–H and O–H groups in total. The summed E-state index contributed by atoms with van der Waals surface area (Å²) in [4.78, 5) is 37.7. The molecule has 0 unspecified atom stereocenters. The first-order valence-electron chi connectivity index (χ1n) is 5.20. The molecule has 0 bridgehead atoms. The summed E-state index contributed by atoms with van der Waals surface area (Å²) < 4.78 is 26.1. The molecule has 0 fully saturated rings. The van der Waals surface area contributed by atoms with Crippen LogP contribution in [0.3, 0.4) is 0 Å². The average molecular weight is 283 g/mol. The molecule has 0 spiro atoms. The SMILES string of the molecule is O=C(Nc1cc(F)c(F)cc1C(=O)O)c1c[nH]c(=O)[nH]1. The van der Waals surface area contributed by atoms with Gasteiger partial charge in [0, 0.05) is 12.3 Å². The molecule has 0 aliphatic carbocycles. The smallest absolute Gasteiger partial charge is 0.337 e. The minimum Gasteiger partial charge on any atom is -0.478 e. The van der Waals surface area contributed by atoms with E-state index >= 15 is 0 Å². The molecule has 0 saturated carbocycles. The highest BCUT2D eigenvalue weighted by atomic mass is 19.2. The molecule has 1 heterocycles. The van der Waals surface area contributed by atoms with Gasteiger partial charge in [-0.25, -0.2) is 18.4 Å². The molecule has 2 rings (SSSR count). The van der Waals surface area contributed by atoms with E-state index in [9.17, 15) is 23.2 Å². The molecule has 2 aromatic rings. The van der Waals surface area contributed by atoms with Crippen LogP contribution in [0.15, 0.2) is 23.1 Å². The van der Waals surface area contributed by atoms with Crippen molar-refractivity contribution in [3.05, 3.63) is 51.7 Å². The van der Waals surface area contributed by atoms with E-state index in [0.717, 1.165) is 6.20 Å². The lowest BCUT2D eigenvalue weighted by atomic mass is 10.1. The number of aromatic amines is 2. The summed E-state index contributed by atoms with van der Waals surface area (Å²) in [6, 6.07) is 0.995. The summed E-state index contributed by atoms with van der Waals surface area (Å²) in [7, 11) is 0. The largest absolute Gasteiger partial charge is 0.478 e. The Morgan fingerprint density at radius 2 is 1.85 bits per heavy atom. The van der Waals surface area contributed by atoms with Crippen molar-refractivity contribution in [3.63, 3.8) is 0 Å². The predicted octanol–water partition coefficient (Wildman–Crippen LogP) is 0.932. The van der Waals surface area contributed by atoms with Gasteiger partial charge in [0.1, 0.15) is 5.69 Å². The van der Waals surface area contributed by atoms with E-state index in [0.29, 0.717) is 12.1 Å². The lowest BCUT2D eigenvalue weighted by molar-refractivity contribution is 0.0697. The topological polar surface area (TPSA) is 115 Å². The van der Waals surface area contributed by atoms with Crippen molar-refractivity contribution in [2.75, 3.05) is 5.32 Å². The normalized spacial score (nSPS) is 10.3. The van der Waals surface area contributed by atoms with Crippen molar-refractivity contribution in [1.82, 2.24) is 9.97 Å². The van der Waals surface area contributed by atoms with E-state index in [1.807, 2.05) is 0 Å². The fourth-order valence-electron chi connectivity index (χ4n) is 1.47. The van der Waals surface area contributed by atoms with E-state index < -0.39 is 40.5 Å². The Hall–Kier alpha value is -2.97. The van der Waals surface area contributed by atoms with E-state index in [2.05, 4.69) is 15.3 Å². The Balaban J connectivity index is 2.38. The number of carbonyl (C=O) groups excluding carboxylic acids is 1. The van der Waals surface area contributed by atoms with Crippen molar-refractivity contribution in [1.29, 1.82) is 0 Å². The molecule has 0 atom stereocenters. The third kappa shape index (κ3) is 2.55. The second-order valence-electron chi connectivity index (χ2n) is 3.73. The van der Waals surface area contributed by atoms with Crippen molar-refractivity contribution in [2.45, 2.75) is 0 Å². The van der Waals surface area contributed by atoms with Gasteiger partial charge in [0.25, 0.3) is 5.91 Å². The molecule has 20 heavy (non-hydrogen) atoms. The highest BCUT2D eigenvalue weighted by molar-refractivity contribution is 6.06. The number of carboxylic acids is 1. The second-order valence-corrected chi connectivity index (χ2v) is 3.73. The summed E-state index contributed by atoms with van der Waals surface area (Å²) in [5.41, 5.74) is -1.87. The fourth-order valence-corrected chi connectivity index (χ4v) is 1.47. The Morgan fingerprint density at radius 3 is 2.40 bits per heavy atom. The summed E-state index contributed by atoms with van der Waals surface area (Å²) in [6.07, 6.45) is 1.05. The number of benzene rings is 1. The monoisotopic (exact) mass is 283 g/mol. The minimum atomic E-state index is -1.54. The maximum atomic E-state index is 13.1. The Labute approximate surface area is 109 Å². The van der Waals surface area contributed by atoms with Gasteiger partial charge in [0.15, 0.2) is 11.6 Å². The third-order valence-electron chi connectivity index (χ3n) is 2.38. The third-order valence-corrected chi connectivity index (χ3v) is 2.38. The first-order valence-corrected chi connectivity index (χ1v) is 5.20. The van der Waals surface area contributed by atoms with E-state index in [4.69, 9.17) is 5.11 Å². The van der Waals surface area contributed by atoms with Crippen LogP contribution in [0.1, 0.15) is 20.8 Å². The zero-order chi connectivity index (χ0) is 14.9. The zero-order valence-corrected chi connectivity index (χ0v) is 9.66. The summed E-state index contributed by atoms with van der Waals surface area (Å²) >= 11 is 0. The van der Waals surface area contributed by atoms with Crippen LogP contribution in [0.5, 0.6) is 0 Å². The van der Waals surface area contributed by atoms with Crippen LogP contribution < -0.4 is 11.0 Å². The van der Waals surface area contributed by atoms with Gasteiger partial charge in [-0.1, -0.05) is 0 Å². The van der Waals surface area contributed by atoms with Crippen LogP contribution in [0, 0.1) is 11.6 Å². The van der Waals surface area contributed by atoms with E-state index in [1.54, 1.807) is 0 Å². The number of hydrogen-bond donors (Lipinski definition) is 4. The molecule has 0 radical (unpaired) electrons. The minimum absolute atomic E-state index is 0.184. The molecule has 0 saturated heterocycles. The Morgan fingerprint density at radius 1 is 1.20 bits per heavy atom. The maximum Gasteiger partial charge on any atom is 0.337 e. The molecule has 1 amide bonds. The quantitative estimate of drug-likeness (QED) is 0.670. The number of halogens is 2. The van der Waals surface area contributed by atoms with Crippen LogP contribution in [0.4, 0.5) is 14.5 Å². The molecular formula is C11H7F2N3O4. The zero-order valence-electron chi connectivity index (χ0n) is 9.66. The van der Waals surface area contributed by atoms with Gasteiger partial charge < -0.3 is 20.4 Å². The van der Waals surface area contributed by atoms with E-state index in [1.165, 1.54) is 0 Å². The van der Waals surface area contributed by atoms with Crippen molar-refractivity contribution in [2.24, 2.45) is 0 Å². The molecular weight excluding hydrogens is 276 g/mol.